The Labute approximate surface area is 114 Å². The summed E-state index contributed by atoms with van der Waals surface area (Å²) in [4.78, 5) is 22.6. The standard InChI is InChI=1S/C11H9Cl2N3O2/c1-6(12)10(17)16-11(18)15-9-4-8(13)3-2-7(9)5-14/h2-4,6H,1H3,(H2,15,16,17,18). The largest absolute Gasteiger partial charge is 0.325 e. The molecule has 0 saturated heterocycles. The Balaban J connectivity index is 2.79. The lowest BCUT2D eigenvalue weighted by Gasteiger charge is -2.09. The van der Waals surface area contributed by atoms with Crippen molar-refractivity contribution in [1.29, 1.82) is 5.26 Å². The normalized spacial score (nSPS) is 11.2. The first kappa shape index (κ1) is 14.3. The first-order valence-electron chi connectivity index (χ1n) is 4.89. The number of halogens is 2. The van der Waals surface area contributed by atoms with E-state index < -0.39 is 17.3 Å². The van der Waals surface area contributed by atoms with E-state index in [9.17, 15) is 9.59 Å². The van der Waals surface area contributed by atoms with Crippen LogP contribution in [0.5, 0.6) is 0 Å². The molecular weight excluding hydrogens is 277 g/mol. The van der Waals surface area contributed by atoms with Crippen LogP contribution in [0.15, 0.2) is 18.2 Å². The van der Waals surface area contributed by atoms with E-state index in [1.807, 2.05) is 11.4 Å². The molecule has 2 N–H and O–H groups in total. The van der Waals surface area contributed by atoms with Crippen molar-refractivity contribution in [3.05, 3.63) is 28.8 Å². The molecule has 18 heavy (non-hydrogen) atoms. The van der Waals surface area contributed by atoms with Gasteiger partial charge in [0.25, 0.3) is 0 Å². The number of amides is 3. The number of hydrogen-bond acceptors (Lipinski definition) is 3. The number of anilines is 1. The molecule has 1 rings (SSSR count). The average Bonchev–Trinajstić information content (AvgIpc) is 2.28. The number of urea groups is 1. The minimum Gasteiger partial charge on any atom is -0.306 e. The summed E-state index contributed by atoms with van der Waals surface area (Å²) < 4.78 is 0. The number of rotatable bonds is 2. The fourth-order valence-electron chi connectivity index (χ4n) is 1.08. The number of alkyl halides is 1. The van der Waals surface area contributed by atoms with Crippen molar-refractivity contribution in [2.75, 3.05) is 5.32 Å². The van der Waals surface area contributed by atoms with E-state index in [1.165, 1.54) is 25.1 Å². The van der Waals surface area contributed by atoms with Crippen molar-refractivity contribution in [1.82, 2.24) is 5.32 Å². The van der Waals surface area contributed by atoms with Gasteiger partial charge in [0.1, 0.15) is 11.4 Å². The van der Waals surface area contributed by atoms with E-state index in [-0.39, 0.29) is 11.3 Å². The fourth-order valence-corrected chi connectivity index (χ4v) is 1.31. The van der Waals surface area contributed by atoms with Crippen LogP contribution in [-0.4, -0.2) is 17.3 Å². The molecule has 7 heteroatoms. The third-order valence-electron chi connectivity index (χ3n) is 1.95. The molecule has 5 nitrogen and oxygen atoms in total. The Morgan fingerprint density at radius 3 is 2.67 bits per heavy atom. The SMILES string of the molecule is CC(Cl)C(=O)NC(=O)Nc1cc(Cl)ccc1C#N. The smallest absolute Gasteiger partial charge is 0.306 e. The molecule has 0 bridgehead atoms. The highest BCUT2D eigenvalue weighted by atomic mass is 35.5. The molecule has 1 aromatic rings. The second-order valence-corrected chi connectivity index (χ2v) is 4.45. The van der Waals surface area contributed by atoms with Crippen LogP contribution in [0.1, 0.15) is 12.5 Å². The summed E-state index contributed by atoms with van der Waals surface area (Å²) in [7, 11) is 0. The van der Waals surface area contributed by atoms with Gasteiger partial charge in [-0.25, -0.2) is 4.79 Å². The minimum atomic E-state index is -0.828. The maximum absolute atomic E-state index is 11.5. The quantitative estimate of drug-likeness (QED) is 0.819. The molecule has 0 aliphatic carbocycles. The van der Waals surface area contributed by atoms with Gasteiger partial charge >= 0.3 is 6.03 Å². The topological polar surface area (TPSA) is 82.0 Å². The van der Waals surface area contributed by atoms with Crippen molar-refractivity contribution in [3.63, 3.8) is 0 Å². The van der Waals surface area contributed by atoms with Crippen LogP contribution < -0.4 is 10.6 Å². The number of imide groups is 1. The van der Waals surface area contributed by atoms with Gasteiger partial charge in [0.2, 0.25) is 5.91 Å². The zero-order valence-electron chi connectivity index (χ0n) is 9.33. The Bertz CT molecular complexity index is 524. The summed E-state index contributed by atoms with van der Waals surface area (Å²) in [5.41, 5.74) is 0.457. The summed E-state index contributed by atoms with van der Waals surface area (Å²) in [6, 6.07) is 5.52. The predicted molar refractivity (Wildman–Crippen MR) is 68.6 cm³/mol. The Morgan fingerprint density at radius 1 is 1.44 bits per heavy atom. The first-order valence-corrected chi connectivity index (χ1v) is 5.71. The van der Waals surface area contributed by atoms with Gasteiger partial charge < -0.3 is 5.32 Å². The van der Waals surface area contributed by atoms with Crippen molar-refractivity contribution < 1.29 is 9.59 Å². The molecule has 94 valence electrons. The van der Waals surface area contributed by atoms with Gasteiger partial charge in [-0.3, -0.25) is 10.1 Å². The lowest BCUT2D eigenvalue weighted by atomic mass is 10.2. The Kier molecular flexibility index (Phi) is 4.95. The summed E-state index contributed by atoms with van der Waals surface area (Å²) >= 11 is 11.2. The summed E-state index contributed by atoms with van der Waals surface area (Å²) in [6.45, 7) is 1.43. The molecule has 0 aliphatic heterocycles. The molecular formula is C11H9Cl2N3O2. The highest BCUT2D eigenvalue weighted by Gasteiger charge is 2.14. The molecule has 0 saturated carbocycles. The third-order valence-corrected chi connectivity index (χ3v) is 2.38. The predicted octanol–water partition coefficient (Wildman–Crippen LogP) is 2.49. The van der Waals surface area contributed by atoms with Crippen molar-refractivity contribution >= 4 is 40.8 Å². The number of nitrogens with zero attached hydrogens (tertiary/aromatic N) is 1. The number of nitriles is 1. The van der Waals surface area contributed by atoms with Crippen LogP contribution in [0.25, 0.3) is 0 Å². The molecule has 3 amide bonds. The lowest BCUT2D eigenvalue weighted by Crippen LogP contribution is -2.38. The van der Waals surface area contributed by atoms with Crippen LogP contribution in [0.3, 0.4) is 0 Å². The maximum Gasteiger partial charge on any atom is 0.325 e. The van der Waals surface area contributed by atoms with Gasteiger partial charge in [0.05, 0.1) is 11.3 Å². The van der Waals surface area contributed by atoms with Gasteiger partial charge in [-0.15, -0.1) is 11.6 Å². The van der Waals surface area contributed by atoms with E-state index in [4.69, 9.17) is 28.5 Å². The van der Waals surface area contributed by atoms with E-state index in [2.05, 4.69) is 5.32 Å². The van der Waals surface area contributed by atoms with Gasteiger partial charge in [-0.1, -0.05) is 11.6 Å². The molecule has 0 fully saturated rings. The first-order chi connectivity index (χ1) is 8.43. The average molecular weight is 286 g/mol. The number of hydrogen-bond donors (Lipinski definition) is 2. The van der Waals surface area contributed by atoms with Gasteiger partial charge in [0.15, 0.2) is 0 Å². The van der Waals surface area contributed by atoms with Gasteiger partial charge in [-0.2, -0.15) is 5.26 Å². The van der Waals surface area contributed by atoms with Crippen LogP contribution >= 0.6 is 23.2 Å². The van der Waals surface area contributed by atoms with Crippen LogP contribution in [-0.2, 0) is 4.79 Å². The summed E-state index contributed by atoms with van der Waals surface area (Å²) in [5, 5.41) is 12.8. The van der Waals surface area contributed by atoms with Crippen molar-refractivity contribution in [3.8, 4) is 6.07 Å². The molecule has 1 aromatic carbocycles. The van der Waals surface area contributed by atoms with Crippen LogP contribution in [0.4, 0.5) is 10.5 Å². The van der Waals surface area contributed by atoms with E-state index in [0.717, 1.165) is 0 Å². The number of carbonyl (C=O) groups excluding carboxylic acids is 2. The summed E-state index contributed by atoms with van der Waals surface area (Å²) in [6.07, 6.45) is 0. The highest BCUT2D eigenvalue weighted by Crippen LogP contribution is 2.20. The Morgan fingerprint density at radius 2 is 2.11 bits per heavy atom. The van der Waals surface area contributed by atoms with Gasteiger partial charge in [-0.05, 0) is 25.1 Å². The van der Waals surface area contributed by atoms with Crippen LogP contribution in [0.2, 0.25) is 5.02 Å². The van der Waals surface area contributed by atoms with Crippen molar-refractivity contribution in [2.45, 2.75) is 12.3 Å². The minimum absolute atomic E-state index is 0.220. The molecule has 1 atom stereocenters. The number of benzene rings is 1. The van der Waals surface area contributed by atoms with Crippen molar-refractivity contribution in [2.24, 2.45) is 0 Å². The molecule has 0 aromatic heterocycles. The van der Waals surface area contributed by atoms with E-state index in [0.29, 0.717) is 5.02 Å². The molecule has 0 radical (unpaired) electrons. The lowest BCUT2D eigenvalue weighted by molar-refractivity contribution is -0.119. The zero-order chi connectivity index (χ0) is 13.7. The molecule has 0 aliphatic rings. The monoisotopic (exact) mass is 285 g/mol. The number of carbonyl (C=O) groups is 2. The molecule has 0 heterocycles. The molecule has 1 unspecified atom stereocenters. The maximum atomic E-state index is 11.5. The fraction of sp³-hybridized carbons (Fsp3) is 0.182. The van der Waals surface area contributed by atoms with E-state index >= 15 is 0 Å². The second kappa shape index (κ2) is 6.24. The zero-order valence-corrected chi connectivity index (χ0v) is 10.8. The second-order valence-electron chi connectivity index (χ2n) is 3.36. The highest BCUT2D eigenvalue weighted by molar-refractivity contribution is 6.32. The van der Waals surface area contributed by atoms with Gasteiger partial charge in [0, 0.05) is 5.02 Å². The van der Waals surface area contributed by atoms with Crippen LogP contribution in [0, 0.1) is 11.3 Å². The third kappa shape index (κ3) is 3.91. The number of nitrogens with one attached hydrogen (secondary N) is 2. The van der Waals surface area contributed by atoms with E-state index in [1.54, 1.807) is 0 Å². The summed E-state index contributed by atoms with van der Waals surface area (Å²) in [5.74, 6) is -0.630. The Hall–Kier alpha value is -1.77. The molecule has 0 spiro atoms.